The zero-order valence-electron chi connectivity index (χ0n) is 12.7. The second-order valence-corrected chi connectivity index (χ2v) is 5.42. The summed E-state index contributed by atoms with van der Waals surface area (Å²) >= 11 is 0. The highest BCUT2D eigenvalue weighted by molar-refractivity contribution is 5.76. The Kier molecular flexibility index (Phi) is 3.36. The lowest BCUT2D eigenvalue weighted by Gasteiger charge is -2.20. The van der Waals surface area contributed by atoms with Gasteiger partial charge in [-0.1, -0.05) is 0 Å². The van der Waals surface area contributed by atoms with Crippen LogP contribution in [-0.4, -0.2) is 4.98 Å². The van der Waals surface area contributed by atoms with Gasteiger partial charge in [0.1, 0.15) is 5.82 Å². The number of rotatable bonds is 1. The maximum atomic E-state index is 5.75. The maximum Gasteiger partial charge on any atom is 0.123 e. The van der Waals surface area contributed by atoms with E-state index in [2.05, 4.69) is 46.5 Å². The predicted octanol–water partition coefficient (Wildman–Crippen LogP) is 4.18. The molecule has 0 spiro atoms. The first-order valence-corrected chi connectivity index (χ1v) is 6.64. The van der Waals surface area contributed by atoms with Gasteiger partial charge in [-0.05, 0) is 86.6 Å². The minimum Gasteiger partial charge on any atom is -0.384 e. The molecule has 1 aromatic heterocycles. The first-order valence-electron chi connectivity index (χ1n) is 6.64. The summed E-state index contributed by atoms with van der Waals surface area (Å²) in [6.45, 7) is 13.1. The van der Waals surface area contributed by atoms with Crippen molar-refractivity contribution in [3.8, 4) is 11.1 Å². The fourth-order valence-electron chi connectivity index (χ4n) is 2.74. The van der Waals surface area contributed by atoms with E-state index in [0.29, 0.717) is 5.82 Å². The zero-order chi connectivity index (χ0) is 14.3. The third kappa shape index (κ3) is 2.12. The van der Waals surface area contributed by atoms with Crippen LogP contribution in [0.25, 0.3) is 11.1 Å². The molecule has 0 aliphatic carbocycles. The molecular formula is C17H22N2. The Bertz CT molecular complexity index is 626. The van der Waals surface area contributed by atoms with Gasteiger partial charge in [0, 0.05) is 11.8 Å². The number of pyridine rings is 1. The van der Waals surface area contributed by atoms with Gasteiger partial charge in [0.15, 0.2) is 0 Å². The van der Waals surface area contributed by atoms with Crippen molar-refractivity contribution in [2.45, 2.75) is 41.5 Å². The molecule has 0 fully saturated rings. The van der Waals surface area contributed by atoms with Gasteiger partial charge in [-0.2, -0.15) is 0 Å². The Balaban J connectivity index is 2.83. The number of nitrogen functional groups attached to an aromatic ring is 1. The number of hydrogen-bond donors (Lipinski definition) is 1. The SMILES string of the molecule is Cc1cc(N)ncc1-c1c(C)c(C)c(C)c(C)c1C. The third-order valence-corrected chi connectivity index (χ3v) is 4.40. The Labute approximate surface area is 115 Å². The first-order chi connectivity index (χ1) is 8.84. The van der Waals surface area contributed by atoms with Crippen LogP contribution in [0.2, 0.25) is 0 Å². The summed E-state index contributed by atoms with van der Waals surface area (Å²) in [6, 6.07) is 1.94. The first kappa shape index (κ1) is 13.6. The molecule has 1 aromatic carbocycles. The molecule has 1 heterocycles. The lowest BCUT2D eigenvalue weighted by molar-refractivity contribution is 1.17. The van der Waals surface area contributed by atoms with Crippen molar-refractivity contribution in [2.75, 3.05) is 5.73 Å². The molecule has 2 heteroatoms. The summed E-state index contributed by atoms with van der Waals surface area (Å²) in [5.74, 6) is 0.581. The molecule has 19 heavy (non-hydrogen) atoms. The average molecular weight is 254 g/mol. The number of hydrogen-bond acceptors (Lipinski definition) is 2. The Morgan fingerprint density at radius 1 is 0.789 bits per heavy atom. The van der Waals surface area contributed by atoms with Crippen LogP contribution in [0.3, 0.4) is 0 Å². The van der Waals surface area contributed by atoms with Crippen LogP contribution >= 0.6 is 0 Å². The molecule has 0 aliphatic heterocycles. The van der Waals surface area contributed by atoms with Gasteiger partial charge in [0.05, 0.1) is 0 Å². The van der Waals surface area contributed by atoms with Gasteiger partial charge in [-0.25, -0.2) is 4.98 Å². The van der Waals surface area contributed by atoms with E-state index in [1.165, 1.54) is 44.5 Å². The molecule has 0 radical (unpaired) electrons. The van der Waals surface area contributed by atoms with Crippen LogP contribution in [0.1, 0.15) is 33.4 Å². The van der Waals surface area contributed by atoms with E-state index >= 15 is 0 Å². The van der Waals surface area contributed by atoms with Crippen LogP contribution in [0.15, 0.2) is 12.3 Å². The van der Waals surface area contributed by atoms with Gasteiger partial charge < -0.3 is 5.73 Å². The molecule has 0 bridgehead atoms. The van der Waals surface area contributed by atoms with Gasteiger partial charge in [0.25, 0.3) is 0 Å². The van der Waals surface area contributed by atoms with Crippen LogP contribution in [0.4, 0.5) is 5.82 Å². The summed E-state index contributed by atoms with van der Waals surface area (Å²) in [7, 11) is 0. The monoisotopic (exact) mass is 254 g/mol. The Morgan fingerprint density at radius 2 is 1.26 bits per heavy atom. The van der Waals surface area contributed by atoms with Crippen molar-refractivity contribution in [3.05, 3.63) is 45.6 Å². The van der Waals surface area contributed by atoms with Crippen LogP contribution in [0, 0.1) is 41.5 Å². The van der Waals surface area contributed by atoms with E-state index in [1.807, 2.05) is 12.3 Å². The number of aryl methyl sites for hydroxylation is 1. The molecule has 100 valence electrons. The van der Waals surface area contributed by atoms with Crippen molar-refractivity contribution in [3.63, 3.8) is 0 Å². The normalized spacial score (nSPS) is 10.8. The molecular weight excluding hydrogens is 232 g/mol. The molecule has 0 amide bonds. The van der Waals surface area contributed by atoms with Crippen molar-refractivity contribution >= 4 is 5.82 Å². The quantitative estimate of drug-likeness (QED) is 0.829. The summed E-state index contributed by atoms with van der Waals surface area (Å²) in [5, 5.41) is 0. The number of benzene rings is 1. The Morgan fingerprint density at radius 3 is 1.74 bits per heavy atom. The molecule has 0 atom stereocenters. The van der Waals surface area contributed by atoms with Crippen molar-refractivity contribution < 1.29 is 0 Å². The summed E-state index contributed by atoms with van der Waals surface area (Å²) in [6.07, 6.45) is 1.90. The number of nitrogens with two attached hydrogens (primary N) is 1. The largest absolute Gasteiger partial charge is 0.384 e. The average Bonchev–Trinajstić information content (AvgIpc) is 2.37. The molecule has 2 aromatic rings. The maximum absolute atomic E-state index is 5.75. The van der Waals surface area contributed by atoms with E-state index < -0.39 is 0 Å². The number of anilines is 1. The van der Waals surface area contributed by atoms with E-state index in [-0.39, 0.29) is 0 Å². The fourth-order valence-corrected chi connectivity index (χ4v) is 2.74. The lowest BCUT2D eigenvalue weighted by Crippen LogP contribution is -2.01. The van der Waals surface area contributed by atoms with Gasteiger partial charge in [0.2, 0.25) is 0 Å². The molecule has 0 saturated heterocycles. The molecule has 2 rings (SSSR count). The number of nitrogens with zero attached hydrogens (tertiary/aromatic N) is 1. The summed E-state index contributed by atoms with van der Waals surface area (Å²) in [4.78, 5) is 4.26. The lowest BCUT2D eigenvalue weighted by atomic mass is 9.85. The zero-order valence-corrected chi connectivity index (χ0v) is 12.7. The van der Waals surface area contributed by atoms with Crippen LogP contribution in [0.5, 0.6) is 0 Å². The smallest absolute Gasteiger partial charge is 0.123 e. The molecule has 2 nitrogen and oxygen atoms in total. The number of aromatic nitrogens is 1. The highest BCUT2D eigenvalue weighted by Crippen LogP contribution is 2.35. The summed E-state index contributed by atoms with van der Waals surface area (Å²) < 4.78 is 0. The predicted molar refractivity (Wildman–Crippen MR) is 82.5 cm³/mol. The van der Waals surface area contributed by atoms with Crippen LogP contribution in [-0.2, 0) is 0 Å². The van der Waals surface area contributed by atoms with Gasteiger partial charge in [-0.15, -0.1) is 0 Å². The molecule has 0 saturated carbocycles. The second kappa shape index (κ2) is 4.69. The highest BCUT2D eigenvalue weighted by Gasteiger charge is 2.15. The minimum absolute atomic E-state index is 0.581. The van der Waals surface area contributed by atoms with E-state index in [0.717, 1.165) is 0 Å². The van der Waals surface area contributed by atoms with Crippen molar-refractivity contribution in [2.24, 2.45) is 0 Å². The minimum atomic E-state index is 0.581. The van der Waals surface area contributed by atoms with Crippen molar-refractivity contribution in [1.82, 2.24) is 4.98 Å². The van der Waals surface area contributed by atoms with E-state index in [9.17, 15) is 0 Å². The van der Waals surface area contributed by atoms with Crippen molar-refractivity contribution in [1.29, 1.82) is 0 Å². The second-order valence-electron chi connectivity index (χ2n) is 5.42. The van der Waals surface area contributed by atoms with Gasteiger partial charge in [-0.3, -0.25) is 0 Å². The van der Waals surface area contributed by atoms with Crippen LogP contribution < -0.4 is 5.73 Å². The molecule has 2 N–H and O–H groups in total. The summed E-state index contributed by atoms with van der Waals surface area (Å²) in [5.41, 5.74) is 16.3. The molecule has 0 unspecified atom stereocenters. The standard InChI is InChI=1S/C17H22N2/c1-9-7-16(18)19-8-15(9)17-13(5)11(3)10(2)12(4)14(17)6/h7-8H,1-6H3,(H2,18,19). The van der Waals surface area contributed by atoms with E-state index in [1.54, 1.807) is 0 Å². The highest BCUT2D eigenvalue weighted by atomic mass is 14.8. The fraction of sp³-hybridized carbons (Fsp3) is 0.353. The molecule has 0 aliphatic rings. The van der Waals surface area contributed by atoms with Gasteiger partial charge >= 0.3 is 0 Å². The topological polar surface area (TPSA) is 38.9 Å². The third-order valence-electron chi connectivity index (χ3n) is 4.40. The van der Waals surface area contributed by atoms with E-state index in [4.69, 9.17) is 5.73 Å². The Hall–Kier alpha value is -1.83.